The number of aromatic nitrogens is 2. The first kappa shape index (κ1) is 8.71. The van der Waals surface area contributed by atoms with E-state index in [1.54, 1.807) is 0 Å². The fourth-order valence-corrected chi connectivity index (χ4v) is 0.969. The van der Waals surface area contributed by atoms with Crippen LogP contribution < -0.4 is 5.73 Å². The molecule has 2 N–H and O–H groups in total. The van der Waals surface area contributed by atoms with Crippen molar-refractivity contribution in [1.29, 1.82) is 0 Å². The van der Waals surface area contributed by atoms with Gasteiger partial charge >= 0.3 is 0 Å². The van der Waals surface area contributed by atoms with Crippen molar-refractivity contribution in [3.63, 3.8) is 0 Å². The summed E-state index contributed by atoms with van der Waals surface area (Å²) in [6.07, 6.45) is 3.47. The van der Waals surface area contributed by atoms with Gasteiger partial charge in [-0.1, -0.05) is 11.6 Å². The maximum absolute atomic E-state index is 5.67. The number of allylic oxidation sites excluding steroid dienone is 1. The molecule has 0 saturated heterocycles. The topological polar surface area (TPSA) is 51.8 Å². The molecule has 1 rings (SSSR count). The van der Waals surface area contributed by atoms with Gasteiger partial charge in [0.1, 0.15) is 12.1 Å². The molecule has 0 aliphatic carbocycles. The molecule has 0 aliphatic rings. The molecule has 0 unspecified atom stereocenters. The smallest absolute Gasteiger partial charge is 0.134 e. The molecule has 3 nitrogen and oxygen atoms in total. The molecule has 12 heavy (non-hydrogen) atoms. The van der Waals surface area contributed by atoms with E-state index in [9.17, 15) is 0 Å². The Labute approximate surface area is 72.3 Å². The number of aryl methyl sites for hydroxylation is 1. The van der Waals surface area contributed by atoms with Gasteiger partial charge in [0.15, 0.2) is 0 Å². The molecule has 0 amide bonds. The Morgan fingerprint density at radius 1 is 1.42 bits per heavy atom. The average molecular weight is 163 g/mol. The molecule has 0 bridgehead atoms. The average Bonchev–Trinajstić information content (AvgIpc) is 1.97. The summed E-state index contributed by atoms with van der Waals surface area (Å²) < 4.78 is 0. The second kappa shape index (κ2) is 3.34. The number of anilines is 1. The standard InChI is InChI=1S/C9H13N3/c1-6(2)4-8-7(3)11-5-12-9(8)10/h4-5H,1-3H3,(H2,10,11,12). The summed E-state index contributed by atoms with van der Waals surface area (Å²) in [5.74, 6) is 0.545. The van der Waals surface area contributed by atoms with Crippen LogP contribution in [0.1, 0.15) is 25.1 Å². The molecule has 1 aromatic rings. The molecule has 0 saturated carbocycles. The van der Waals surface area contributed by atoms with E-state index in [4.69, 9.17) is 5.73 Å². The lowest BCUT2D eigenvalue weighted by atomic mass is 10.1. The van der Waals surface area contributed by atoms with Gasteiger partial charge in [0.2, 0.25) is 0 Å². The van der Waals surface area contributed by atoms with Crippen LogP contribution in [0.4, 0.5) is 5.82 Å². The van der Waals surface area contributed by atoms with Crippen molar-refractivity contribution in [3.05, 3.63) is 23.2 Å². The fourth-order valence-electron chi connectivity index (χ4n) is 0.969. The zero-order valence-corrected chi connectivity index (χ0v) is 7.63. The molecule has 1 aromatic heterocycles. The normalized spacial score (nSPS) is 9.58. The first-order valence-corrected chi connectivity index (χ1v) is 3.83. The van der Waals surface area contributed by atoms with Crippen molar-refractivity contribution in [2.45, 2.75) is 20.8 Å². The summed E-state index contributed by atoms with van der Waals surface area (Å²) in [5.41, 5.74) is 8.72. The van der Waals surface area contributed by atoms with E-state index in [0.717, 1.165) is 11.3 Å². The minimum atomic E-state index is 0.545. The van der Waals surface area contributed by atoms with E-state index < -0.39 is 0 Å². The molecule has 1 heterocycles. The number of hydrogen-bond acceptors (Lipinski definition) is 3. The van der Waals surface area contributed by atoms with Crippen molar-refractivity contribution >= 4 is 11.9 Å². The number of nitrogen functional groups attached to an aromatic ring is 1. The maximum atomic E-state index is 5.67. The van der Waals surface area contributed by atoms with Crippen LogP contribution in [0.5, 0.6) is 0 Å². The molecule has 0 aliphatic heterocycles. The summed E-state index contributed by atoms with van der Waals surface area (Å²) in [6.45, 7) is 5.96. The summed E-state index contributed by atoms with van der Waals surface area (Å²) in [5, 5.41) is 0. The van der Waals surface area contributed by atoms with Gasteiger partial charge in [-0.2, -0.15) is 0 Å². The van der Waals surface area contributed by atoms with E-state index >= 15 is 0 Å². The predicted octanol–water partition coefficient (Wildman–Crippen LogP) is 1.79. The lowest BCUT2D eigenvalue weighted by Crippen LogP contribution is -1.98. The van der Waals surface area contributed by atoms with E-state index in [1.165, 1.54) is 11.9 Å². The number of rotatable bonds is 1. The van der Waals surface area contributed by atoms with Crippen LogP contribution in [0.25, 0.3) is 6.08 Å². The molecule has 3 heteroatoms. The Morgan fingerprint density at radius 2 is 2.08 bits per heavy atom. The van der Waals surface area contributed by atoms with Gasteiger partial charge in [0.05, 0.1) is 5.69 Å². The van der Waals surface area contributed by atoms with Crippen LogP contribution in [0.2, 0.25) is 0 Å². The van der Waals surface area contributed by atoms with Crippen LogP contribution in [-0.4, -0.2) is 9.97 Å². The van der Waals surface area contributed by atoms with Crippen LogP contribution in [0.3, 0.4) is 0 Å². The van der Waals surface area contributed by atoms with Gasteiger partial charge in [-0.05, 0) is 20.8 Å². The monoisotopic (exact) mass is 163 g/mol. The molecule has 0 fully saturated rings. The summed E-state index contributed by atoms with van der Waals surface area (Å²) in [4.78, 5) is 7.97. The number of nitrogens with two attached hydrogens (primary N) is 1. The Kier molecular flexibility index (Phi) is 2.43. The number of nitrogens with zero attached hydrogens (tertiary/aromatic N) is 2. The lowest BCUT2D eigenvalue weighted by Gasteiger charge is -2.02. The van der Waals surface area contributed by atoms with Crippen LogP contribution >= 0.6 is 0 Å². The van der Waals surface area contributed by atoms with Gasteiger partial charge in [-0.3, -0.25) is 0 Å². The van der Waals surface area contributed by atoms with E-state index in [0.29, 0.717) is 5.82 Å². The van der Waals surface area contributed by atoms with E-state index in [-0.39, 0.29) is 0 Å². The Bertz CT molecular complexity index is 291. The summed E-state index contributed by atoms with van der Waals surface area (Å²) in [7, 11) is 0. The quantitative estimate of drug-likeness (QED) is 0.686. The third-order valence-electron chi connectivity index (χ3n) is 1.55. The third kappa shape index (κ3) is 1.81. The van der Waals surface area contributed by atoms with Gasteiger partial charge in [0, 0.05) is 5.56 Å². The van der Waals surface area contributed by atoms with Crippen LogP contribution in [0, 0.1) is 6.92 Å². The third-order valence-corrected chi connectivity index (χ3v) is 1.55. The predicted molar refractivity (Wildman–Crippen MR) is 50.5 cm³/mol. The molecule has 0 atom stereocenters. The fraction of sp³-hybridized carbons (Fsp3) is 0.333. The first-order valence-electron chi connectivity index (χ1n) is 3.83. The minimum absolute atomic E-state index is 0.545. The minimum Gasteiger partial charge on any atom is -0.383 e. The lowest BCUT2D eigenvalue weighted by molar-refractivity contribution is 1.10. The highest BCUT2D eigenvalue weighted by atomic mass is 14.9. The Hall–Kier alpha value is -1.38. The Balaban J connectivity index is 3.22. The summed E-state index contributed by atoms with van der Waals surface area (Å²) >= 11 is 0. The maximum Gasteiger partial charge on any atom is 0.134 e. The highest BCUT2D eigenvalue weighted by Crippen LogP contribution is 2.14. The van der Waals surface area contributed by atoms with Gasteiger partial charge < -0.3 is 5.73 Å². The molecule has 0 radical (unpaired) electrons. The first-order chi connectivity index (χ1) is 5.61. The zero-order valence-electron chi connectivity index (χ0n) is 7.63. The second-order valence-electron chi connectivity index (χ2n) is 2.98. The van der Waals surface area contributed by atoms with Crippen molar-refractivity contribution < 1.29 is 0 Å². The molecule has 0 aromatic carbocycles. The van der Waals surface area contributed by atoms with Crippen molar-refractivity contribution in [3.8, 4) is 0 Å². The van der Waals surface area contributed by atoms with E-state index in [2.05, 4.69) is 9.97 Å². The Morgan fingerprint density at radius 3 is 2.58 bits per heavy atom. The van der Waals surface area contributed by atoms with Crippen molar-refractivity contribution in [2.24, 2.45) is 0 Å². The van der Waals surface area contributed by atoms with Crippen LogP contribution in [0.15, 0.2) is 11.9 Å². The highest BCUT2D eigenvalue weighted by molar-refractivity contribution is 5.63. The van der Waals surface area contributed by atoms with Crippen molar-refractivity contribution in [2.75, 3.05) is 5.73 Å². The van der Waals surface area contributed by atoms with Gasteiger partial charge in [-0.15, -0.1) is 0 Å². The summed E-state index contributed by atoms with van der Waals surface area (Å²) in [6, 6.07) is 0. The molecule has 64 valence electrons. The SMILES string of the molecule is CC(C)=Cc1c(C)ncnc1N. The van der Waals surface area contributed by atoms with Gasteiger partial charge in [0.25, 0.3) is 0 Å². The van der Waals surface area contributed by atoms with Gasteiger partial charge in [-0.25, -0.2) is 9.97 Å². The number of hydrogen-bond donors (Lipinski definition) is 1. The largest absolute Gasteiger partial charge is 0.383 e. The van der Waals surface area contributed by atoms with E-state index in [1.807, 2.05) is 26.8 Å². The molecular weight excluding hydrogens is 150 g/mol. The van der Waals surface area contributed by atoms with Crippen LogP contribution in [-0.2, 0) is 0 Å². The zero-order chi connectivity index (χ0) is 9.14. The second-order valence-corrected chi connectivity index (χ2v) is 2.98. The molecule has 0 spiro atoms. The molecular formula is C9H13N3. The van der Waals surface area contributed by atoms with Crippen molar-refractivity contribution in [1.82, 2.24) is 9.97 Å². The highest BCUT2D eigenvalue weighted by Gasteiger charge is 2.00.